The molecule has 0 aliphatic heterocycles. The van der Waals surface area contributed by atoms with E-state index in [1.807, 2.05) is 37.3 Å². The van der Waals surface area contributed by atoms with Gasteiger partial charge in [0.05, 0.1) is 5.92 Å². The molecule has 2 atom stereocenters. The molecule has 0 saturated heterocycles. The molecule has 1 aliphatic rings. The Morgan fingerprint density at radius 2 is 1.84 bits per heavy atom. The molecule has 2 heteroatoms. The van der Waals surface area contributed by atoms with E-state index in [1.54, 1.807) is 6.92 Å². The summed E-state index contributed by atoms with van der Waals surface area (Å²) in [5.74, 6) is 6.12. The zero-order valence-corrected chi connectivity index (χ0v) is 16.1. The Kier molecular flexibility index (Phi) is 5.90. The quantitative estimate of drug-likeness (QED) is 0.416. The first-order valence-corrected chi connectivity index (χ1v) is 8.78. The van der Waals surface area contributed by atoms with E-state index < -0.39 is 0 Å². The third-order valence-corrected chi connectivity index (χ3v) is 4.97. The molecular formula is C23H28O2. The number of esters is 1. The molecule has 132 valence electrons. The van der Waals surface area contributed by atoms with Crippen molar-refractivity contribution in [3.63, 3.8) is 0 Å². The average Bonchev–Trinajstić information content (AvgIpc) is 3.11. The van der Waals surface area contributed by atoms with Crippen molar-refractivity contribution in [2.24, 2.45) is 17.3 Å². The van der Waals surface area contributed by atoms with Gasteiger partial charge >= 0.3 is 5.97 Å². The molecule has 2 nitrogen and oxygen atoms in total. The number of hydrogen-bond acceptors (Lipinski definition) is 2. The number of hydrogen-bond donors (Lipinski definition) is 0. The van der Waals surface area contributed by atoms with E-state index in [2.05, 4.69) is 45.6 Å². The fourth-order valence-electron chi connectivity index (χ4n) is 3.28. The predicted octanol–water partition coefficient (Wildman–Crippen LogP) is 5.27. The highest BCUT2D eigenvalue weighted by Crippen LogP contribution is 2.59. The molecule has 2 unspecified atom stereocenters. The molecule has 1 aromatic carbocycles. The lowest BCUT2D eigenvalue weighted by molar-refractivity contribution is -0.145. The second-order valence-electron chi connectivity index (χ2n) is 7.52. The van der Waals surface area contributed by atoms with Gasteiger partial charge in [-0.1, -0.05) is 61.7 Å². The van der Waals surface area contributed by atoms with Gasteiger partial charge in [-0.05, 0) is 50.2 Å². The summed E-state index contributed by atoms with van der Waals surface area (Å²) in [6.45, 7) is 12.4. The fourth-order valence-corrected chi connectivity index (χ4v) is 3.28. The summed E-state index contributed by atoms with van der Waals surface area (Å²) in [6, 6.07) is 10.1. The van der Waals surface area contributed by atoms with Crippen LogP contribution in [0.25, 0.3) is 5.57 Å². The Bertz CT molecular complexity index is 750. The summed E-state index contributed by atoms with van der Waals surface area (Å²) < 4.78 is 5.64. The number of benzene rings is 1. The molecule has 2 rings (SSSR count). The van der Waals surface area contributed by atoms with E-state index in [0.717, 1.165) is 16.7 Å². The van der Waals surface area contributed by atoms with Crippen LogP contribution in [-0.2, 0) is 9.53 Å². The van der Waals surface area contributed by atoms with E-state index in [9.17, 15) is 4.79 Å². The molecule has 0 amide bonds. The maximum absolute atomic E-state index is 12.6. The van der Waals surface area contributed by atoms with Crippen LogP contribution in [-0.4, -0.2) is 12.6 Å². The Morgan fingerprint density at radius 1 is 1.20 bits per heavy atom. The monoisotopic (exact) mass is 336 g/mol. The molecule has 0 N–H and O–H groups in total. The molecule has 1 aromatic rings. The van der Waals surface area contributed by atoms with Crippen molar-refractivity contribution >= 4 is 11.5 Å². The summed E-state index contributed by atoms with van der Waals surface area (Å²) >= 11 is 0. The molecule has 1 saturated carbocycles. The lowest BCUT2D eigenvalue weighted by Gasteiger charge is -2.09. The van der Waals surface area contributed by atoms with Crippen LogP contribution in [0.4, 0.5) is 0 Å². The van der Waals surface area contributed by atoms with Crippen LogP contribution in [0.3, 0.4) is 0 Å². The minimum Gasteiger partial charge on any atom is -0.460 e. The van der Waals surface area contributed by atoms with Crippen molar-refractivity contribution in [3.05, 3.63) is 53.1 Å². The van der Waals surface area contributed by atoms with Gasteiger partial charge in [-0.3, -0.25) is 4.79 Å². The van der Waals surface area contributed by atoms with Gasteiger partial charge in [0.2, 0.25) is 0 Å². The van der Waals surface area contributed by atoms with Crippen molar-refractivity contribution in [1.29, 1.82) is 0 Å². The minimum absolute atomic E-state index is 0.0247. The maximum Gasteiger partial charge on any atom is 0.310 e. The van der Waals surface area contributed by atoms with E-state index in [0.29, 0.717) is 0 Å². The minimum atomic E-state index is -0.122. The van der Waals surface area contributed by atoms with Crippen molar-refractivity contribution in [2.45, 2.75) is 41.5 Å². The van der Waals surface area contributed by atoms with Crippen molar-refractivity contribution < 1.29 is 9.53 Å². The Balaban J connectivity index is 2.11. The standard InChI is InChI=1S/C23H28O2/c1-7-11-19(17(4)18-12-9-8-10-13-18)15-25-22(24)21-20(14-16(2)3)23(21,5)6/h8-10,12-14,20-21H,15H2,1-6H3. The normalized spacial score (nSPS) is 21.4. The third-order valence-electron chi connectivity index (χ3n) is 4.97. The van der Waals surface area contributed by atoms with E-state index >= 15 is 0 Å². The second kappa shape index (κ2) is 7.74. The number of carbonyl (C=O) groups is 1. The van der Waals surface area contributed by atoms with Crippen LogP contribution in [0.15, 0.2) is 47.6 Å². The molecular weight excluding hydrogens is 308 g/mol. The number of ether oxygens (including phenoxy) is 1. The molecule has 0 radical (unpaired) electrons. The summed E-state index contributed by atoms with van der Waals surface area (Å²) in [4.78, 5) is 12.6. The Labute approximate surface area is 152 Å². The first-order valence-electron chi connectivity index (χ1n) is 8.78. The predicted molar refractivity (Wildman–Crippen MR) is 104 cm³/mol. The van der Waals surface area contributed by atoms with Crippen LogP contribution in [0, 0.1) is 29.1 Å². The largest absolute Gasteiger partial charge is 0.460 e. The lowest BCUT2D eigenvalue weighted by atomic mass is 10.0. The van der Waals surface area contributed by atoms with Crippen LogP contribution in [0.2, 0.25) is 0 Å². The maximum atomic E-state index is 12.6. The molecule has 0 heterocycles. The van der Waals surface area contributed by atoms with Crippen molar-refractivity contribution in [1.82, 2.24) is 0 Å². The number of carbonyl (C=O) groups excluding carboxylic acids is 1. The Hall–Kier alpha value is -2.27. The van der Waals surface area contributed by atoms with Crippen LogP contribution in [0.1, 0.15) is 47.1 Å². The highest BCUT2D eigenvalue weighted by Gasteiger charge is 2.61. The van der Waals surface area contributed by atoms with Crippen LogP contribution < -0.4 is 0 Å². The summed E-state index contributed by atoms with van der Waals surface area (Å²) in [6.07, 6.45) is 2.18. The van der Waals surface area contributed by atoms with Crippen LogP contribution >= 0.6 is 0 Å². The summed E-state index contributed by atoms with van der Waals surface area (Å²) in [5, 5.41) is 0. The zero-order chi connectivity index (χ0) is 18.6. The van der Waals surface area contributed by atoms with E-state index in [-0.39, 0.29) is 29.8 Å². The molecule has 0 bridgehead atoms. The smallest absolute Gasteiger partial charge is 0.310 e. The summed E-state index contributed by atoms with van der Waals surface area (Å²) in [7, 11) is 0. The third kappa shape index (κ3) is 4.42. The summed E-state index contributed by atoms with van der Waals surface area (Å²) in [5.41, 5.74) is 4.23. The molecule has 25 heavy (non-hydrogen) atoms. The highest BCUT2D eigenvalue weighted by atomic mass is 16.5. The SMILES string of the molecule is CC#CC(COC(=O)C1C(C=C(C)C)C1(C)C)=C(C)c1ccccc1. The fraction of sp³-hybridized carbons (Fsp3) is 0.435. The molecule has 0 spiro atoms. The first kappa shape index (κ1) is 19.1. The zero-order valence-electron chi connectivity index (χ0n) is 16.1. The van der Waals surface area contributed by atoms with Gasteiger partial charge in [0.15, 0.2) is 0 Å². The van der Waals surface area contributed by atoms with Gasteiger partial charge in [0, 0.05) is 5.57 Å². The van der Waals surface area contributed by atoms with E-state index in [1.165, 1.54) is 5.57 Å². The number of allylic oxidation sites excluding steroid dienone is 3. The molecule has 1 aliphatic carbocycles. The van der Waals surface area contributed by atoms with Gasteiger partial charge < -0.3 is 4.74 Å². The van der Waals surface area contributed by atoms with Crippen molar-refractivity contribution in [2.75, 3.05) is 6.61 Å². The lowest BCUT2D eigenvalue weighted by Crippen LogP contribution is -2.13. The second-order valence-corrected chi connectivity index (χ2v) is 7.52. The number of rotatable bonds is 5. The van der Waals surface area contributed by atoms with Gasteiger partial charge in [-0.25, -0.2) is 0 Å². The van der Waals surface area contributed by atoms with Crippen molar-refractivity contribution in [3.8, 4) is 11.8 Å². The highest BCUT2D eigenvalue weighted by molar-refractivity contribution is 5.79. The van der Waals surface area contributed by atoms with Gasteiger partial charge in [0.1, 0.15) is 6.61 Å². The van der Waals surface area contributed by atoms with Gasteiger partial charge in [0.25, 0.3) is 0 Å². The average molecular weight is 336 g/mol. The van der Waals surface area contributed by atoms with E-state index in [4.69, 9.17) is 4.74 Å². The topological polar surface area (TPSA) is 26.3 Å². The van der Waals surface area contributed by atoms with Gasteiger partial charge in [-0.15, -0.1) is 5.92 Å². The molecule has 0 aromatic heterocycles. The van der Waals surface area contributed by atoms with Crippen LogP contribution in [0.5, 0.6) is 0 Å². The first-order chi connectivity index (χ1) is 11.8. The molecule has 1 fully saturated rings. The Morgan fingerprint density at radius 3 is 2.40 bits per heavy atom. The van der Waals surface area contributed by atoms with Gasteiger partial charge in [-0.2, -0.15) is 0 Å².